The molecular formula is C28H31Cl2N7O3. The summed E-state index contributed by atoms with van der Waals surface area (Å²) in [6, 6.07) is 13.6. The third-order valence-corrected chi connectivity index (χ3v) is 8.64. The van der Waals surface area contributed by atoms with Gasteiger partial charge in [0, 0.05) is 55.5 Å². The van der Waals surface area contributed by atoms with Crippen LogP contribution in [0.1, 0.15) is 36.6 Å². The van der Waals surface area contributed by atoms with Crippen molar-refractivity contribution in [2.45, 2.75) is 44.8 Å². The van der Waals surface area contributed by atoms with E-state index in [0.29, 0.717) is 29.6 Å². The minimum absolute atomic E-state index is 0.0271. The molecule has 12 heteroatoms. The minimum atomic E-state index is -0.828. The van der Waals surface area contributed by atoms with Crippen LogP contribution in [0.4, 0.5) is 4.79 Å². The third-order valence-electron chi connectivity index (χ3n) is 7.90. The average Bonchev–Trinajstić information content (AvgIpc) is 3.47. The zero-order chi connectivity index (χ0) is 27.8. The van der Waals surface area contributed by atoms with Gasteiger partial charge in [0.05, 0.1) is 33.3 Å². The largest absolute Gasteiger partial charge is 0.423 e. The van der Waals surface area contributed by atoms with E-state index in [-0.39, 0.29) is 11.7 Å². The first-order valence-corrected chi connectivity index (χ1v) is 14.3. The number of benzene rings is 2. The van der Waals surface area contributed by atoms with Crippen molar-refractivity contribution < 1.29 is 9.63 Å². The van der Waals surface area contributed by atoms with E-state index in [2.05, 4.69) is 14.6 Å². The predicted octanol–water partition coefficient (Wildman–Crippen LogP) is 4.60. The molecule has 0 unspecified atom stereocenters. The fraction of sp³-hybridized carbons (Fsp3) is 0.393. The molecule has 2 aromatic carbocycles. The van der Waals surface area contributed by atoms with Crippen LogP contribution in [0.5, 0.6) is 0 Å². The van der Waals surface area contributed by atoms with E-state index >= 15 is 0 Å². The number of fused-ring (bicyclic) bond motifs is 2. The second-order valence-electron chi connectivity index (χ2n) is 10.4. The van der Waals surface area contributed by atoms with Gasteiger partial charge < -0.3 is 20.5 Å². The quantitative estimate of drug-likeness (QED) is 0.329. The Labute approximate surface area is 241 Å². The molecule has 2 aromatic heterocycles. The van der Waals surface area contributed by atoms with Gasteiger partial charge >= 0.3 is 11.8 Å². The molecule has 0 aliphatic carbocycles. The summed E-state index contributed by atoms with van der Waals surface area (Å²) in [7, 11) is 0. The molecule has 3 N–H and O–H groups in total. The van der Waals surface area contributed by atoms with Gasteiger partial charge in [-0.2, -0.15) is 5.10 Å². The number of nitrogens with zero attached hydrogens (tertiary/aromatic N) is 5. The number of imidazole rings is 1. The zero-order valence-electron chi connectivity index (χ0n) is 22.0. The molecule has 0 radical (unpaired) electrons. The first-order valence-electron chi connectivity index (χ1n) is 13.6. The van der Waals surface area contributed by atoms with Crippen LogP contribution >= 0.6 is 23.2 Å². The summed E-state index contributed by atoms with van der Waals surface area (Å²) in [5.74, 6) is 0. The number of nitrogens with one attached hydrogen (secondary N) is 1. The standard InChI is InChI=1S/C28H31Cl2N7O3/c29-21-7-6-18(16-22(21)30)26-20-17-35(40-27(31)38)15-10-24(20)36(33-26)12-3-11-34-13-8-19(9-14-34)37-25-5-2-1-4-23(25)32-28(37)39/h1-2,4-7,16,19H,3,8-15,17H2,(H2,31,38)(H,32,39). The highest BCUT2D eigenvalue weighted by Crippen LogP contribution is 2.34. The lowest BCUT2D eigenvalue weighted by atomic mass is 10.0. The molecule has 0 atom stereocenters. The lowest BCUT2D eigenvalue weighted by Crippen LogP contribution is -2.37. The van der Waals surface area contributed by atoms with Crippen molar-refractivity contribution in [1.82, 2.24) is 29.3 Å². The van der Waals surface area contributed by atoms with Crippen LogP contribution in [0.25, 0.3) is 22.3 Å². The molecule has 1 saturated heterocycles. The molecule has 1 amide bonds. The zero-order valence-corrected chi connectivity index (χ0v) is 23.5. The second-order valence-corrected chi connectivity index (χ2v) is 11.2. The molecule has 210 valence electrons. The smallest absolute Gasteiger partial charge is 0.351 e. The van der Waals surface area contributed by atoms with E-state index < -0.39 is 6.09 Å². The number of hydrogen-bond acceptors (Lipinski definition) is 6. The number of likely N-dealkylation sites (tertiary alicyclic amines) is 1. The summed E-state index contributed by atoms with van der Waals surface area (Å²) in [5, 5.41) is 7.48. The maximum atomic E-state index is 12.6. The van der Waals surface area contributed by atoms with Crippen molar-refractivity contribution in [3.63, 3.8) is 0 Å². The van der Waals surface area contributed by atoms with Crippen molar-refractivity contribution in [3.05, 3.63) is 74.3 Å². The Balaban J connectivity index is 1.12. The maximum Gasteiger partial charge on any atom is 0.423 e. The Hall–Kier alpha value is -3.31. The van der Waals surface area contributed by atoms with Crippen molar-refractivity contribution in [3.8, 4) is 11.3 Å². The number of hydroxylamine groups is 2. The van der Waals surface area contributed by atoms with E-state index in [9.17, 15) is 9.59 Å². The number of halogens is 2. The summed E-state index contributed by atoms with van der Waals surface area (Å²) in [6.45, 7) is 4.55. The number of primary amides is 1. The number of carbonyl (C=O) groups excluding carboxylic acids is 1. The number of nitrogens with two attached hydrogens (primary N) is 1. The lowest BCUT2D eigenvalue weighted by Gasteiger charge is -2.32. The number of amides is 1. The number of carbonyl (C=O) groups is 1. The highest BCUT2D eigenvalue weighted by Gasteiger charge is 2.28. The van der Waals surface area contributed by atoms with Gasteiger partial charge in [-0.3, -0.25) is 9.25 Å². The van der Waals surface area contributed by atoms with Gasteiger partial charge in [0.15, 0.2) is 0 Å². The van der Waals surface area contributed by atoms with Crippen LogP contribution in [-0.2, 0) is 24.3 Å². The number of hydrogen-bond donors (Lipinski definition) is 2. The summed E-state index contributed by atoms with van der Waals surface area (Å²) in [4.78, 5) is 34.6. The van der Waals surface area contributed by atoms with Gasteiger partial charge in [0.1, 0.15) is 0 Å². The molecule has 2 aliphatic rings. The van der Waals surface area contributed by atoms with E-state index in [1.165, 1.54) is 0 Å². The summed E-state index contributed by atoms with van der Waals surface area (Å²) < 4.78 is 4.01. The minimum Gasteiger partial charge on any atom is -0.351 e. The van der Waals surface area contributed by atoms with E-state index in [1.807, 2.05) is 41.0 Å². The normalized spacial score (nSPS) is 16.9. The van der Waals surface area contributed by atoms with Crippen molar-refractivity contribution in [2.24, 2.45) is 5.73 Å². The van der Waals surface area contributed by atoms with Gasteiger partial charge in [0.2, 0.25) is 0 Å². The van der Waals surface area contributed by atoms with Gasteiger partial charge in [-0.05, 0) is 50.1 Å². The first-order chi connectivity index (χ1) is 19.4. The number of piperidine rings is 1. The molecular weight excluding hydrogens is 553 g/mol. The summed E-state index contributed by atoms with van der Waals surface area (Å²) in [6.07, 6.45) is 2.67. The highest BCUT2D eigenvalue weighted by atomic mass is 35.5. The Morgan fingerprint density at radius 3 is 2.65 bits per heavy atom. The Morgan fingerprint density at radius 2 is 1.88 bits per heavy atom. The maximum absolute atomic E-state index is 12.6. The molecule has 1 fully saturated rings. The highest BCUT2D eigenvalue weighted by molar-refractivity contribution is 6.42. The van der Waals surface area contributed by atoms with E-state index in [4.69, 9.17) is 38.9 Å². The number of rotatable bonds is 7. The molecule has 6 rings (SSSR count). The molecule has 10 nitrogen and oxygen atoms in total. The number of aromatic amines is 1. The van der Waals surface area contributed by atoms with Crippen LogP contribution in [0, 0.1) is 0 Å². The third kappa shape index (κ3) is 5.36. The predicted molar refractivity (Wildman–Crippen MR) is 154 cm³/mol. The van der Waals surface area contributed by atoms with Crippen LogP contribution in [0.3, 0.4) is 0 Å². The van der Waals surface area contributed by atoms with Crippen LogP contribution in [0.2, 0.25) is 10.0 Å². The molecule has 0 spiro atoms. The van der Waals surface area contributed by atoms with Crippen LogP contribution in [0.15, 0.2) is 47.3 Å². The van der Waals surface area contributed by atoms with E-state index in [0.717, 1.165) is 79.0 Å². The topological polar surface area (TPSA) is 114 Å². The van der Waals surface area contributed by atoms with Gasteiger partial charge in [-0.25, -0.2) is 9.59 Å². The van der Waals surface area contributed by atoms with Gasteiger partial charge in [0.25, 0.3) is 0 Å². The molecule has 40 heavy (non-hydrogen) atoms. The number of aromatic nitrogens is 4. The van der Waals surface area contributed by atoms with Crippen LogP contribution < -0.4 is 11.4 Å². The molecule has 0 bridgehead atoms. The van der Waals surface area contributed by atoms with E-state index in [1.54, 1.807) is 11.1 Å². The van der Waals surface area contributed by atoms with Gasteiger partial charge in [-0.1, -0.05) is 41.4 Å². The molecule has 4 heterocycles. The molecule has 2 aliphatic heterocycles. The first kappa shape index (κ1) is 26.9. The lowest BCUT2D eigenvalue weighted by molar-refractivity contribution is -0.107. The number of H-pyrrole nitrogens is 1. The van der Waals surface area contributed by atoms with Gasteiger partial charge in [-0.15, -0.1) is 5.06 Å². The Morgan fingerprint density at radius 1 is 1.07 bits per heavy atom. The number of aryl methyl sites for hydroxylation is 1. The molecule has 0 saturated carbocycles. The monoisotopic (exact) mass is 583 g/mol. The molecule has 4 aromatic rings. The Bertz CT molecular complexity index is 1600. The van der Waals surface area contributed by atoms with Crippen molar-refractivity contribution in [1.29, 1.82) is 0 Å². The summed E-state index contributed by atoms with van der Waals surface area (Å²) in [5.41, 5.74) is 10.9. The fourth-order valence-electron chi connectivity index (χ4n) is 6.01. The van der Waals surface area contributed by atoms with Crippen molar-refractivity contribution >= 4 is 40.3 Å². The second kappa shape index (κ2) is 11.3. The van der Waals surface area contributed by atoms with Crippen molar-refractivity contribution in [2.75, 3.05) is 26.2 Å². The number of para-hydroxylation sites is 2. The average molecular weight is 585 g/mol. The summed E-state index contributed by atoms with van der Waals surface area (Å²) >= 11 is 12.5. The Kier molecular flexibility index (Phi) is 7.59. The van der Waals surface area contributed by atoms with Crippen LogP contribution in [-0.4, -0.2) is 61.6 Å². The fourth-order valence-corrected chi connectivity index (χ4v) is 6.31. The SMILES string of the molecule is NC(=O)ON1CCc2c(c(-c3ccc(Cl)c(Cl)c3)nn2CCCN2CCC(n3c(=O)[nH]c4ccccc43)CC2)C1.